The standard InChI is InChI=1S/C22H24N4O4/c1-29-15-7-8-18(19(12-15)30-2)26-13-14(11-21(26)27)22(28)23-10-9-20-24-16-5-3-4-6-17(16)25-20/h3-8,12,14H,9-11,13H2,1-2H3,(H,23,28)(H,24,25)/t14-/m0/s1. The maximum Gasteiger partial charge on any atom is 0.227 e. The largest absolute Gasteiger partial charge is 0.497 e. The molecule has 0 saturated carbocycles. The summed E-state index contributed by atoms with van der Waals surface area (Å²) in [7, 11) is 3.11. The number of aromatic amines is 1. The first-order valence-corrected chi connectivity index (χ1v) is 9.82. The molecule has 1 saturated heterocycles. The number of carbonyl (C=O) groups is 2. The van der Waals surface area contributed by atoms with Gasteiger partial charge >= 0.3 is 0 Å². The summed E-state index contributed by atoms with van der Waals surface area (Å²) in [5.74, 6) is 1.37. The molecule has 2 N–H and O–H groups in total. The highest BCUT2D eigenvalue weighted by Gasteiger charge is 2.36. The normalized spacial score (nSPS) is 16.1. The van der Waals surface area contributed by atoms with E-state index >= 15 is 0 Å². The molecule has 0 radical (unpaired) electrons. The number of H-pyrrole nitrogens is 1. The van der Waals surface area contributed by atoms with Crippen molar-refractivity contribution in [1.29, 1.82) is 0 Å². The van der Waals surface area contributed by atoms with Gasteiger partial charge in [0.25, 0.3) is 0 Å². The van der Waals surface area contributed by atoms with Crippen molar-refractivity contribution >= 4 is 28.5 Å². The van der Waals surface area contributed by atoms with Crippen LogP contribution in [-0.4, -0.2) is 49.1 Å². The van der Waals surface area contributed by atoms with Crippen molar-refractivity contribution in [3.8, 4) is 11.5 Å². The van der Waals surface area contributed by atoms with E-state index in [4.69, 9.17) is 9.47 Å². The zero-order valence-corrected chi connectivity index (χ0v) is 17.0. The number of rotatable bonds is 7. The number of benzene rings is 2. The highest BCUT2D eigenvalue weighted by atomic mass is 16.5. The smallest absolute Gasteiger partial charge is 0.227 e. The van der Waals surface area contributed by atoms with Crippen molar-refractivity contribution in [3.63, 3.8) is 0 Å². The van der Waals surface area contributed by atoms with Gasteiger partial charge in [-0.2, -0.15) is 0 Å². The van der Waals surface area contributed by atoms with E-state index in [-0.39, 0.29) is 18.2 Å². The summed E-state index contributed by atoms with van der Waals surface area (Å²) in [6.45, 7) is 0.771. The number of anilines is 1. The van der Waals surface area contributed by atoms with Gasteiger partial charge in [-0.3, -0.25) is 9.59 Å². The van der Waals surface area contributed by atoms with Crippen LogP contribution in [0.4, 0.5) is 5.69 Å². The first kappa shape index (κ1) is 19.8. The minimum absolute atomic E-state index is 0.101. The molecular weight excluding hydrogens is 384 g/mol. The third-order valence-electron chi connectivity index (χ3n) is 5.27. The second-order valence-electron chi connectivity index (χ2n) is 7.18. The van der Waals surface area contributed by atoms with Gasteiger partial charge in [-0.05, 0) is 24.3 Å². The lowest BCUT2D eigenvalue weighted by Crippen LogP contribution is -2.34. The van der Waals surface area contributed by atoms with E-state index in [1.165, 1.54) is 0 Å². The van der Waals surface area contributed by atoms with Crippen LogP contribution in [-0.2, 0) is 16.0 Å². The molecule has 1 aromatic heterocycles. The molecule has 156 valence electrons. The number of amides is 2. The molecule has 8 heteroatoms. The van der Waals surface area contributed by atoms with Crippen LogP contribution in [0.1, 0.15) is 12.2 Å². The summed E-state index contributed by atoms with van der Waals surface area (Å²) < 4.78 is 10.6. The Bertz CT molecular complexity index is 1040. The molecule has 4 rings (SSSR count). The number of methoxy groups -OCH3 is 2. The Morgan fingerprint density at radius 2 is 2.07 bits per heavy atom. The molecule has 0 bridgehead atoms. The predicted octanol–water partition coefficient (Wildman–Crippen LogP) is 2.29. The summed E-state index contributed by atoms with van der Waals surface area (Å²) in [5, 5.41) is 2.93. The van der Waals surface area contributed by atoms with Crippen LogP contribution in [0.2, 0.25) is 0 Å². The lowest BCUT2D eigenvalue weighted by Gasteiger charge is -2.20. The van der Waals surface area contributed by atoms with Gasteiger partial charge in [0.15, 0.2) is 0 Å². The van der Waals surface area contributed by atoms with Crippen LogP contribution in [0.3, 0.4) is 0 Å². The lowest BCUT2D eigenvalue weighted by molar-refractivity contribution is -0.126. The minimum Gasteiger partial charge on any atom is -0.497 e. The van der Waals surface area contributed by atoms with E-state index in [1.807, 2.05) is 24.3 Å². The Labute approximate surface area is 174 Å². The molecule has 0 spiro atoms. The van der Waals surface area contributed by atoms with Crippen molar-refractivity contribution in [2.24, 2.45) is 5.92 Å². The van der Waals surface area contributed by atoms with Crippen molar-refractivity contribution < 1.29 is 19.1 Å². The average Bonchev–Trinajstić information content (AvgIpc) is 3.36. The van der Waals surface area contributed by atoms with Gasteiger partial charge in [-0.25, -0.2) is 4.98 Å². The first-order valence-electron chi connectivity index (χ1n) is 9.82. The fraction of sp³-hybridized carbons (Fsp3) is 0.318. The van der Waals surface area contributed by atoms with E-state index in [2.05, 4.69) is 15.3 Å². The Hall–Kier alpha value is -3.55. The van der Waals surface area contributed by atoms with Crippen LogP contribution >= 0.6 is 0 Å². The van der Waals surface area contributed by atoms with E-state index in [0.717, 1.165) is 16.9 Å². The van der Waals surface area contributed by atoms with Gasteiger partial charge in [-0.1, -0.05) is 12.1 Å². The number of hydrogen-bond donors (Lipinski definition) is 2. The van der Waals surface area contributed by atoms with Crippen LogP contribution in [0, 0.1) is 5.92 Å². The summed E-state index contributed by atoms with van der Waals surface area (Å²) in [4.78, 5) is 34.5. The molecule has 8 nitrogen and oxygen atoms in total. The van der Waals surface area contributed by atoms with E-state index in [0.29, 0.717) is 36.7 Å². The van der Waals surface area contributed by atoms with E-state index < -0.39 is 5.92 Å². The topological polar surface area (TPSA) is 96.5 Å². The second-order valence-corrected chi connectivity index (χ2v) is 7.18. The lowest BCUT2D eigenvalue weighted by atomic mass is 10.1. The SMILES string of the molecule is COc1ccc(N2C[C@@H](C(=O)NCCc3nc4ccccc4[nH]3)CC2=O)c(OC)c1. The maximum absolute atomic E-state index is 12.6. The van der Waals surface area contributed by atoms with Gasteiger partial charge in [0.2, 0.25) is 11.8 Å². The maximum atomic E-state index is 12.6. The molecule has 3 aromatic rings. The Morgan fingerprint density at radius 1 is 1.23 bits per heavy atom. The Morgan fingerprint density at radius 3 is 2.83 bits per heavy atom. The number of ether oxygens (including phenoxy) is 2. The van der Waals surface area contributed by atoms with Crippen LogP contribution in [0.5, 0.6) is 11.5 Å². The quantitative estimate of drug-likeness (QED) is 0.625. The molecule has 30 heavy (non-hydrogen) atoms. The molecule has 2 aromatic carbocycles. The summed E-state index contributed by atoms with van der Waals surface area (Å²) in [5.41, 5.74) is 2.52. The molecule has 1 atom stereocenters. The summed E-state index contributed by atoms with van der Waals surface area (Å²) in [6.07, 6.45) is 0.767. The first-order chi connectivity index (χ1) is 14.6. The summed E-state index contributed by atoms with van der Waals surface area (Å²) >= 11 is 0. The minimum atomic E-state index is -0.403. The number of hydrogen-bond acceptors (Lipinski definition) is 5. The van der Waals surface area contributed by atoms with Gasteiger partial charge in [0.1, 0.15) is 17.3 Å². The molecule has 1 fully saturated rings. The molecule has 0 aliphatic carbocycles. The summed E-state index contributed by atoms with van der Waals surface area (Å²) in [6, 6.07) is 13.1. The zero-order valence-electron chi connectivity index (χ0n) is 17.0. The molecule has 0 unspecified atom stereocenters. The number of nitrogens with one attached hydrogen (secondary N) is 2. The van der Waals surface area contributed by atoms with Crippen LogP contribution in [0.25, 0.3) is 11.0 Å². The predicted molar refractivity (Wildman–Crippen MR) is 113 cm³/mol. The Kier molecular flexibility index (Phi) is 5.56. The number of fused-ring (bicyclic) bond motifs is 1. The molecule has 2 heterocycles. The Balaban J connectivity index is 1.36. The number of para-hydroxylation sites is 2. The van der Waals surface area contributed by atoms with Crippen molar-refractivity contribution in [1.82, 2.24) is 15.3 Å². The number of imidazole rings is 1. The molecule has 2 amide bonds. The third-order valence-corrected chi connectivity index (χ3v) is 5.27. The fourth-order valence-corrected chi connectivity index (χ4v) is 3.70. The van der Waals surface area contributed by atoms with Gasteiger partial charge in [0.05, 0.1) is 36.9 Å². The van der Waals surface area contributed by atoms with Crippen LogP contribution < -0.4 is 19.7 Å². The van der Waals surface area contributed by atoms with Gasteiger partial charge in [0, 0.05) is 32.0 Å². The molecule has 1 aliphatic rings. The molecule has 1 aliphatic heterocycles. The number of nitrogens with zero attached hydrogens (tertiary/aromatic N) is 2. The van der Waals surface area contributed by atoms with Gasteiger partial charge < -0.3 is 24.7 Å². The second kappa shape index (κ2) is 8.44. The van der Waals surface area contributed by atoms with E-state index in [1.54, 1.807) is 37.3 Å². The number of carbonyl (C=O) groups excluding carboxylic acids is 2. The fourth-order valence-electron chi connectivity index (χ4n) is 3.70. The number of aromatic nitrogens is 2. The van der Waals surface area contributed by atoms with Crippen molar-refractivity contribution in [2.45, 2.75) is 12.8 Å². The van der Waals surface area contributed by atoms with Gasteiger partial charge in [-0.15, -0.1) is 0 Å². The third kappa shape index (κ3) is 3.94. The average molecular weight is 408 g/mol. The monoisotopic (exact) mass is 408 g/mol. The highest BCUT2D eigenvalue weighted by Crippen LogP contribution is 2.35. The van der Waals surface area contributed by atoms with Crippen molar-refractivity contribution in [3.05, 3.63) is 48.3 Å². The van der Waals surface area contributed by atoms with E-state index in [9.17, 15) is 9.59 Å². The molecular formula is C22H24N4O4. The highest BCUT2D eigenvalue weighted by molar-refractivity contribution is 6.01. The van der Waals surface area contributed by atoms with Crippen molar-refractivity contribution in [2.75, 3.05) is 32.2 Å². The van der Waals surface area contributed by atoms with Crippen LogP contribution in [0.15, 0.2) is 42.5 Å². The zero-order chi connectivity index (χ0) is 21.1.